The van der Waals surface area contributed by atoms with Gasteiger partial charge in [0.2, 0.25) is 0 Å². The monoisotopic (exact) mass is 273 g/mol. The number of hydrogen-bond donors (Lipinski definition) is 1. The van der Waals surface area contributed by atoms with E-state index in [4.69, 9.17) is 5.11 Å². The molecule has 0 saturated carbocycles. The maximum absolute atomic E-state index is 11.4. The molecule has 1 N–H and O–H groups in total. The number of ketones is 1. The van der Waals surface area contributed by atoms with Crippen LogP contribution in [0, 0.1) is 0 Å². The standard InChI is InChI=1S/C11H15NO5S/c1-3-18(16,17)5-4-12-7-9(8(2)13)6-10(12)11(14)15/h6-7H,3-5H2,1-2H3,(H,14,15). The molecule has 0 atom stereocenters. The van der Waals surface area contributed by atoms with Crippen molar-refractivity contribution in [2.24, 2.45) is 0 Å². The molecule has 0 fully saturated rings. The van der Waals surface area contributed by atoms with Crippen molar-refractivity contribution in [2.75, 3.05) is 11.5 Å². The Kier molecular flexibility index (Phi) is 4.28. The van der Waals surface area contributed by atoms with Gasteiger partial charge in [-0.05, 0) is 13.0 Å². The van der Waals surface area contributed by atoms with Crippen LogP contribution in [-0.4, -0.2) is 41.3 Å². The third kappa shape index (κ3) is 3.43. The van der Waals surface area contributed by atoms with Crippen LogP contribution in [0.4, 0.5) is 0 Å². The van der Waals surface area contributed by atoms with Crippen molar-refractivity contribution in [1.29, 1.82) is 0 Å². The number of rotatable bonds is 6. The van der Waals surface area contributed by atoms with E-state index >= 15 is 0 Å². The summed E-state index contributed by atoms with van der Waals surface area (Å²) in [5, 5.41) is 8.97. The summed E-state index contributed by atoms with van der Waals surface area (Å²) in [4.78, 5) is 22.1. The molecule has 7 heteroatoms. The molecular weight excluding hydrogens is 258 g/mol. The lowest BCUT2D eigenvalue weighted by atomic mass is 10.2. The van der Waals surface area contributed by atoms with E-state index in [9.17, 15) is 18.0 Å². The Morgan fingerprint density at radius 1 is 1.39 bits per heavy atom. The number of carboxylic acid groups (broad SMARTS) is 1. The predicted molar refractivity (Wildman–Crippen MR) is 65.7 cm³/mol. The molecule has 1 aromatic rings. The average molecular weight is 273 g/mol. The molecule has 0 spiro atoms. The van der Waals surface area contributed by atoms with Gasteiger partial charge in [0.15, 0.2) is 15.6 Å². The zero-order valence-corrected chi connectivity index (χ0v) is 11.0. The summed E-state index contributed by atoms with van der Waals surface area (Å²) in [5.41, 5.74) is 0.188. The van der Waals surface area contributed by atoms with Crippen LogP contribution in [0.15, 0.2) is 12.3 Å². The number of carboxylic acids is 1. The van der Waals surface area contributed by atoms with Crippen LogP contribution in [0.2, 0.25) is 0 Å². The van der Waals surface area contributed by atoms with E-state index in [1.807, 2.05) is 0 Å². The van der Waals surface area contributed by atoms with Crippen molar-refractivity contribution in [3.63, 3.8) is 0 Å². The van der Waals surface area contributed by atoms with Crippen molar-refractivity contribution >= 4 is 21.6 Å². The molecule has 1 aromatic heterocycles. The van der Waals surface area contributed by atoms with E-state index in [1.54, 1.807) is 0 Å². The quantitative estimate of drug-likeness (QED) is 0.775. The Hall–Kier alpha value is -1.63. The topological polar surface area (TPSA) is 93.4 Å². The largest absolute Gasteiger partial charge is 0.477 e. The summed E-state index contributed by atoms with van der Waals surface area (Å²) in [5.74, 6) is -1.57. The van der Waals surface area contributed by atoms with E-state index in [0.29, 0.717) is 0 Å². The number of carbonyl (C=O) groups excluding carboxylic acids is 1. The lowest BCUT2D eigenvalue weighted by molar-refractivity contribution is 0.0685. The van der Waals surface area contributed by atoms with Crippen molar-refractivity contribution < 1.29 is 23.1 Å². The fraction of sp³-hybridized carbons (Fsp3) is 0.455. The fourth-order valence-electron chi connectivity index (χ4n) is 1.45. The number of Topliss-reactive ketones (excluding diaryl/α,β-unsaturated/α-hetero) is 1. The van der Waals surface area contributed by atoms with Gasteiger partial charge in [0.05, 0.1) is 5.75 Å². The zero-order valence-electron chi connectivity index (χ0n) is 10.2. The summed E-state index contributed by atoms with van der Waals surface area (Å²) >= 11 is 0. The van der Waals surface area contributed by atoms with Gasteiger partial charge in [-0.15, -0.1) is 0 Å². The highest BCUT2D eigenvalue weighted by atomic mass is 32.2. The molecule has 0 bridgehead atoms. The van der Waals surface area contributed by atoms with Gasteiger partial charge in [0, 0.05) is 24.1 Å². The molecule has 0 aromatic carbocycles. The van der Waals surface area contributed by atoms with Gasteiger partial charge in [0.1, 0.15) is 5.69 Å². The number of aromatic carboxylic acids is 1. The summed E-state index contributed by atoms with van der Waals surface area (Å²) in [6.07, 6.45) is 1.37. The molecular formula is C11H15NO5S. The number of aromatic nitrogens is 1. The van der Waals surface area contributed by atoms with Crippen molar-refractivity contribution in [3.8, 4) is 0 Å². The molecule has 1 heterocycles. The van der Waals surface area contributed by atoms with E-state index in [-0.39, 0.29) is 35.1 Å². The van der Waals surface area contributed by atoms with E-state index in [1.165, 1.54) is 30.7 Å². The molecule has 100 valence electrons. The van der Waals surface area contributed by atoms with Crippen molar-refractivity contribution in [2.45, 2.75) is 20.4 Å². The normalized spacial score (nSPS) is 11.4. The zero-order chi connectivity index (χ0) is 13.9. The van der Waals surface area contributed by atoms with E-state index < -0.39 is 15.8 Å². The lowest BCUT2D eigenvalue weighted by Crippen LogP contribution is -2.17. The number of sulfone groups is 1. The first-order chi connectivity index (χ1) is 8.26. The molecule has 0 radical (unpaired) electrons. The van der Waals surface area contributed by atoms with Crippen LogP contribution >= 0.6 is 0 Å². The molecule has 0 aliphatic rings. The molecule has 18 heavy (non-hydrogen) atoms. The first-order valence-electron chi connectivity index (χ1n) is 5.41. The van der Waals surface area contributed by atoms with Gasteiger partial charge in [-0.3, -0.25) is 4.79 Å². The molecule has 6 nitrogen and oxygen atoms in total. The summed E-state index contributed by atoms with van der Waals surface area (Å²) < 4.78 is 24.0. The predicted octanol–water partition coefficient (Wildman–Crippen LogP) is 0.824. The number of carbonyl (C=O) groups is 2. The van der Waals surface area contributed by atoms with Gasteiger partial charge < -0.3 is 9.67 Å². The number of nitrogens with zero attached hydrogens (tertiary/aromatic N) is 1. The summed E-state index contributed by atoms with van der Waals surface area (Å²) in [6.45, 7) is 2.89. The van der Waals surface area contributed by atoms with Gasteiger partial charge in [0.25, 0.3) is 0 Å². The molecule has 0 amide bonds. The minimum Gasteiger partial charge on any atom is -0.477 e. The van der Waals surface area contributed by atoms with Gasteiger partial charge in [-0.2, -0.15) is 0 Å². The first kappa shape index (κ1) is 14.4. The van der Waals surface area contributed by atoms with E-state index in [0.717, 1.165) is 0 Å². The minimum absolute atomic E-state index is 0.0102. The Morgan fingerprint density at radius 2 is 2.00 bits per heavy atom. The number of hydrogen-bond acceptors (Lipinski definition) is 4. The summed E-state index contributed by atoms with van der Waals surface area (Å²) in [6, 6.07) is 1.25. The van der Waals surface area contributed by atoms with E-state index in [2.05, 4.69) is 0 Å². The third-order valence-electron chi connectivity index (χ3n) is 2.61. The Morgan fingerprint density at radius 3 is 2.44 bits per heavy atom. The van der Waals surface area contributed by atoms with Gasteiger partial charge in [-0.1, -0.05) is 6.92 Å². The highest BCUT2D eigenvalue weighted by Crippen LogP contribution is 2.10. The van der Waals surface area contributed by atoms with Crippen LogP contribution in [0.5, 0.6) is 0 Å². The Balaban J connectivity index is 3.01. The van der Waals surface area contributed by atoms with Crippen molar-refractivity contribution in [3.05, 3.63) is 23.5 Å². The van der Waals surface area contributed by atoms with Crippen LogP contribution in [0.1, 0.15) is 34.7 Å². The molecule has 0 aliphatic heterocycles. The second-order valence-electron chi connectivity index (χ2n) is 3.91. The highest BCUT2D eigenvalue weighted by molar-refractivity contribution is 7.91. The number of aryl methyl sites for hydroxylation is 1. The maximum Gasteiger partial charge on any atom is 0.352 e. The van der Waals surface area contributed by atoms with Crippen molar-refractivity contribution in [1.82, 2.24) is 4.57 Å². The van der Waals surface area contributed by atoms with Gasteiger partial charge in [-0.25, -0.2) is 13.2 Å². The second-order valence-corrected chi connectivity index (χ2v) is 6.38. The molecule has 0 unspecified atom stereocenters. The van der Waals surface area contributed by atoms with Crippen LogP contribution < -0.4 is 0 Å². The second kappa shape index (κ2) is 5.34. The molecule has 0 saturated heterocycles. The smallest absolute Gasteiger partial charge is 0.352 e. The fourth-order valence-corrected chi connectivity index (χ4v) is 2.21. The third-order valence-corrected chi connectivity index (χ3v) is 4.29. The maximum atomic E-state index is 11.4. The minimum atomic E-state index is -3.17. The average Bonchev–Trinajstić information content (AvgIpc) is 2.71. The summed E-state index contributed by atoms with van der Waals surface area (Å²) in [7, 11) is -3.17. The van der Waals surface area contributed by atoms with Crippen LogP contribution in [0.25, 0.3) is 0 Å². The molecule has 1 rings (SSSR count). The van der Waals surface area contributed by atoms with Gasteiger partial charge >= 0.3 is 5.97 Å². The van der Waals surface area contributed by atoms with Crippen LogP contribution in [0.3, 0.4) is 0 Å². The molecule has 0 aliphatic carbocycles. The Labute approximate surface area is 105 Å². The lowest BCUT2D eigenvalue weighted by Gasteiger charge is -2.05. The Bertz CT molecular complexity index is 570. The first-order valence-corrected chi connectivity index (χ1v) is 7.24. The van der Waals surface area contributed by atoms with Crippen LogP contribution in [-0.2, 0) is 16.4 Å². The highest BCUT2D eigenvalue weighted by Gasteiger charge is 2.16. The SMILES string of the molecule is CCS(=O)(=O)CCn1cc(C(C)=O)cc1C(=O)O.